The maximum absolute atomic E-state index is 11.4. The van der Waals surface area contributed by atoms with E-state index in [1.165, 1.54) is 11.8 Å². The summed E-state index contributed by atoms with van der Waals surface area (Å²) >= 11 is 6.16. The number of rotatable bonds is 2. The molecular weight excluding hydrogens is 201 g/mol. The van der Waals surface area contributed by atoms with Crippen LogP contribution in [0.5, 0.6) is 0 Å². The van der Waals surface area contributed by atoms with Gasteiger partial charge in [0.05, 0.1) is 4.91 Å². The Labute approximate surface area is 89.2 Å². The molecule has 0 aromatic heterocycles. The molecule has 0 aromatic carbocycles. The fraction of sp³-hybridized carbons (Fsp3) is 0.500. The number of allylic oxidation sites excluding steroid dienone is 1. The minimum absolute atomic E-state index is 0.185. The first-order valence-electron chi connectivity index (χ1n) is 4.09. The van der Waals surface area contributed by atoms with Gasteiger partial charge in [0, 0.05) is 0 Å². The second kappa shape index (κ2) is 4.29. The van der Waals surface area contributed by atoms with Crippen LogP contribution in [-0.4, -0.2) is 23.0 Å². The number of hydrogen-bond donors (Lipinski definition) is 0. The zero-order valence-corrected chi connectivity index (χ0v) is 9.24. The van der Waals surface area contributed by atoms with Crippen molar-refractivity contribution in [3.05, 3.63) is 11.0 Å². The minimum Gasteiger partial charge on any atom is -0.351 e. The van der Waals surface area contributed by atoms with Crippen LogP contribution in [0.15, 0.2) is 11.0 Å². The molecule has 13 heavy (non-hydrogen) atoms. The van der Waals surface area contributed by atoms with E-state index in [0.29, 0.717) is 15.1 Å². The van der Waals surface area contributed by atoms with Gasteiger partial charge >= 0.3 is 0 Å². The number of nitrogens with zero attached hydrogens (tertiary/aromatic N) is 1. The summed E-state index contributed by atoms with van der Waals surface area (Å²) in [6.07, 6.45) is 2.93. The summed E-state index contributed by atoms with van der Waals surface area (Å²) in [7, 11) is 5.41. The Morgan fingerprint density at radius 2 is 2.38 bits per heavy atom. The predicted molar refractivity (Wildman–Crippen MR) is 60.3 cm³/mol. The third-order valence-electron chi connectivity index (χ3n) is 1.90. The summed E-state index contributed by atoms with van der Waals surface area (Å²) in [5, 5.41) is 0. The summed E-state index contributed by atoms with van der Waals surface area (Å²) in [6, 6.07) is 0. The number of amides is 1. The van der Waals surface area contributed by atoms with Gasteiger partial charge in [0.2, 0.25) is 7.98 Å². The van der Waals surface area contributed by atoms with Gasteiger partial charge in [-0.2, -0.15) is 0 Å². The van der Waals surface area contributed by atoms with Crippen LogP contribution < -0.4 is 0 Å². The molecule has 2 radical (unpaired) electrons. The van der Waals surface area contributed by atoms with Crippen LogP contribution in [0.2, 0.25) is 0 Å². The molecule has 1 unspecified atom stereocenters. The molecule has 0 N–H and O–H groups in total. The van der Waals surface area contributed by atoms with Gasteiger partial charge in [-0.1, -0.05) is 50.3 Å². The third-order valence-corrected chi connectivity index (χ3v) is 3.25. The van der Waals surface area contributed by atoms with Gasteiger partial charge in [-0.3, -0.25) is 4.79 Å². The molecule has 0 aliphatic carbocycles. The minimum atomic E-state index is -0.185. The molecule has 2 nitrogen and oxygen atoms in total. The molecular formula is C8H10BNOS2. The molecule has 1 rings (SSSR count). The average Bonchev–Trinajstić information content (AvgIpc) is 2.34. The van der Waals surface area contributed by atoms with Gasteiger partial charge in [0.15, 0.2) is 0 Å². The fourth-order valence-electron chi connectivity index (χ4n) is 0.870. The second-order valence-corrected chi connectivity index (χ2v) is 4.64. The standard InChI is InChI=1S/C8H10BNOS2/c1-3-5(2)4-6-7(11)10(9)8(12)13-6/h4-5H,3H2,1-2H3/b6-4+. The number of hydrogen-bond acceptors (Lipinski definition) is 3. The van der Waals surface area contributed by atoms with Crippen LogP contribution in [0.1, 0.15) is 20.3 Å². The van der Waals surface area contributed by atoms with Crippen molar-refractivity contribution in [1.82, 2.24) is 4.81 Å². The smallest absolute Gasteiger partial charge is 0.252 e. The first kappa shape index (κ1) is 10.8. The quantitative estimate of drug-likeness (QED) is 0.395. The molecule has 1 fully saturated rings. The average molecular weight is 211 g/mol. The number of carbonyl (C=O) groups excluding carboxylic acids is 1. The van der Waals surface area contributed by atoms with E-state index in [1.54, 1.807) is 0 Å². The Morgan fingerprint density at radius 1 is 1.77 bits per heavy atom. The van der Waals surface area contributed by atoms with Crippen LogP contribution in [0.3, 0.4) is 0 Å². The molecule has 1 amide bonds. The monoisotopic (exact) mass is 211 g/mol. The normalized spacial score (nSPS) is 22.9. The van der Waals surface area contributed by atoms with Crippen molar-refractivity contribution in [2.24, 2.45) is 5.92 Å². The second-order valence-electron chi connectivity index (χ2n) is 2.96. The SMILES string of the molecule is [B]N1C(=O)/C(=C\C(C)CC)SC1=S. The predicted octanol–water partition coefficient (Wildman–Crippen LogP) is 1.86. The van der Waals surface area contributed by atoms with E-state index in [-0.39, 0.29) is 5.91 Å². The number of thiocarbonyl (C=S) groups is 1. The van der Waals surface area contributed by atoms with E-state index in [0.717, 1.165) is 11.2 Å². The van der Waals surface area contributed by atoms with Crippen LogP contribution in [-0.2, 0) is 4.79 Å². The maximum Gasteiger partial charge on any atom is 0.252 e. The summed E-state index contributed by atoms with van der Waals surface area (Å²) in [5.74, 6) is 0.205. The molecule has 5 heteroatoms. The van der Waals surface area contributed by atoms with E-state index in [9.17, 15) is 4.79 Å². The largest absolute Gasteiger partial charge is 0.351 e. The van der Waals surface area contributed by atoms with Gasteiger partial charge in [-0.25, -0.2) is 0 Å². The first-order valence-corrected chi connectivity index (χ1v) is 5.31. The lowest BCUT2D eigenvalue weighted by Gasteiger charge is -2.05. The van der Waals surface area contributed by atoms with Crippen LogP contribution >= 0.6 is 24.0 Å². The first-order chi connectivity index (χ1) is 6.06. The Morgan fingerprint density at radius 3 is 2.77 bits per heavy atom. The molecule has 0 bridgehead atoms. The van der Waals surface area contributed by atoms with E-state index in [4.69, 9.17) is 20.2 Å². The van der Waals surface area contributed by atoms with Gasteiger partial charge in [-0.05, 0) is 5.92 Å². The molecule has 1 saturated heterocycles. The molecule has 0 spiro atoms. The lowest BCUT2D eigenvalue weighted by molar-refractivity contribution is -0.119. The van der Waals surface area contributed by atoms with Crippen molar-refractivity contribution in [1.29, 1.82) is 0 Å². The zero-order chi connectivity index (χ0) is 10.0. The lowest BCUT2D eigenvalue weighted by atomic mass is 10.1. The molecule has 1 aliphatic rings. The lowest BCUT2D eigenvalue weighted by Crippen LogP contribution is -2.24. The van der Waals surface area contributed by atoms with Gasteiger partial charge in [0.1, 0.15) is 4.32 Å². The summed E-state index contributed by atoms with van der Waals surface area (Å²) in [5.41, 5.74) is 0. The van der Waals surface area contributed by atoms with Crippen LogP contribution in [0.4, 0.5) is 0 Å². The summed E-state index contributed by atoms with van der Waals surface area (Å²) in [6.45, 7) is 4.13. The topological polar surface area (TPSA) is 20.3 Å². The van der Waals surface area contributed by atoms with Crippen molar-refractivity contribution in [3.63, 3.8) is 0 Å². The molecule has 0 saturated carbocycles. The fourth-order valence-corrected chi connectivity index (χ4v) is 2.08. The van der Waals surface area contributed by atoms with E-state index < -0.39 is 0 Å². The van der Waals surface area contributed by atoms with Crippen molar-refractivity contribution < 1.29 is 4.79 Å². The van der Waals surface area contributed by atoms with E-state index in [2.05, 4.69) is 13.8 Å². The number of thioether (sulfide) groups is 1. The molecule has 1 heterocycles. The molecule has 1 aliphatic heterocycles. The highest BCUT2D eigenvalue weighted by Gasteiger charge is 2.28. The van der Waals surface area contributed by atoms with Crippen LogP contribution in [0, 0.1) is 5.92 Å². The zero-order valence-electron chi connectivity index (χ0n) is 7.61. The Hall–Kier alpha value is -0.285. The van der Waals surface area contributed by atoms with Gasteiger partial charge < -0.3 is 4.81 Å². The van der Waals surface area contributed by atoms with E-state index in [1.807, 2.05) is 6.08 Å². The highest BCUT2D eigenvalue weighted by Crippen LogP contribution is 2.30. The Kier molecular flexibility index (Phi) is 3.56. The third kappa shape index (κ3) is 2.34. The molecule has 1 atom stereocenters. The highest BCUT2D eigenvalue weighted by molar-refractivity contribution is 8.26. The van der Waals surface area contributed by atoms with Crippen molar-refractivity contribution in [2.45, 2.75) is 20.3 Å². The number of carbonyl (C=O) groups is 1. The van der Waals surface area contributed by atoms with Crippen molar-refractivity contribution in [2.75, 3.05) is 0 Å². The molecule has 0 aromatic rings. The van der Waals surface area contributed by atoms with E-state index >= 15 is 0 Å². The highest BCUT2D eigenvalue weighted by atomic mass is 32.2. The van der Waals surface area contributed by atoms with Crippen molar-refractivity contribution in [3.8, 4) is 0 Å². The Balaban J connectivity index is 2.79. The van der Waals surface area contributed by atoms with Gasteiger partial charge in [0.25, 0.3) is 5.91 Å². The molecule has 68 valence electrons. The summed E-state index contributed by atoms with van der Waals surface area (Å²) < 4.78 is 0.430. The van der Waals surface area contributed by atoms with Crippen molar-refractivity contribution >= 4 is 42.2 Å². The maximum atomic E-state index is 11.4. The Bertz CT molecular complexity index is 277. The van der Waals surface area contributed by atoms with Gasteiger partial charge in [-0.15, -0.1) is 0 Å². The van der Waals surface area contributed by atoms with Crippen LogP contribution in [0.25, 0.3) is 0 Å². The summed E-state index contributed by atoms with van der Waals surface area (Å²) in [4.78, 5) is 13.1.